The molecule has 16 atom stereocenters. The lowest BCUT2D eigenvalue weighted by Gasteiger charge is -2.68. The second kappa shape index (κ2) is 22.6. The molecule has 4 saturated carbocycles. The summed E-state index contributed by atoms with van der Waals surface area (Å²) in [5, 5.41) is 50.5. The fourth-order valence-corrected chi connectivity index (χ4v) is 15.2. The molecule has 0 bridgehead atoms. The van der Waals surface area contributed by atoms with E-state index in [0.717, 1.165) is 36.4 Å². The van der Waals surface area contributed by atoms with Gasteiger partial charge in [-0.15, -0.1) is 0 Å². The average Bonchev–Trinajstić information content (AvgIpc) is 2.09. The molecule has 0 saturated heterocycles. The normalized spacial score (nSPS) is 32.4. The number of fused-ring (bicyclic) bond motifs is 5. The first-order valence-corrected chi connectivity index (χ1v) is 27.1. The summed E-state index contributed by atoms with van der Waals surface area (Å²) in [5.74, 6) is -9.52. The molecule has 13 nitrogen and oxygen atoms in total. The fraction of sp³-hybridized carbons (Fsp3) is 0.644. The van der Waals surface area contributed by atoms with E-state index in [9.17, 15) is 61.2 Å². The van der Waals surface area contributed by atoms with E-state index in [0.29, 0.717) is 21.3 Å². The quantitative estimate of drug-likeness (QED) is 0.0505. The van der Waals surface area contributed by atoms with E-state index in [2.05, 4.69) is 0 Å². The zero-order chi connectivity index (χ0) is 60.2. The van der Waals surface area contributed by atoms with Gasteiger partial charge in [0.15, 0.2) is 0 Å². The second-order valence-electron chi connectivity index (χ2n) is 23.5. The minimum absolute atomic E-state index is 0.119. The summed E-state index contributed by atoms with van der Waals surface area (Å²) in [6, 6.07) is 18.3. The number of halogens is 9. The smallest absolute Gasteiger partial charge is 0.432 e. The third-order valence-electron chi connectivity index (χ3n) is 19.5. The summed E-state index contributed by atoms with van der Waals surface area (Å²) in [5.41, 5.74) is -21.4. The third-order valence-corrected chi connectivity index (χ3v) is 19.5. The van der Waals surface area contributed by atoms with Crippen LogP contribution in [-0.4, -0.2) is 120 Å². The number of carbonyl (C=O) groups is 3. The van der Waals surface area contributed by atoms with Crippen LogP contribution in [0.15, 0.2) is 91.0 Å². The maximum Gasteiger partial charge on any atom is 0.432 e. The molecule has 7 rings (SSSR count). The molecule has 0 unspecified atom stereocenters. The number of hydrogen-bond donors (Lipinski definition) is 4. The SMILES string of the molecule is CC[C@H](CC[C@@H](C)[C@H]1C[C@H](OC(=O)[C@](OC)(c2ccccc2)C(F)(F)F)[C@@H]2[C@]1(C)CC[C@H]1[C@@]2(O)C[C@@H](O)[C@@]2(O)C[C@@H](OC(=O)[C@](OC)(c3ccccc3)C(F)(F)F)CC[C@]12C)[C@@](C)(O)COC(=O)[C@](OC)(c1ccccc1)C(F)(F)F. The molecule has 4 aliphatic carbocycles. The number of hydrogen-bond acceptors (Lipinski definition) is 13. The number of aliphatic hydroxyl groups excluding tert-OH is 1. The molecular weight excluding hydrogens is 1090 g/mol. The molecule has 4 aliphatic rings. The Balaban J connectivity index is 1.19. The summed E-state index contributed by atoms with van der Waals surface area (Å²) >= 11 is 0. The van der Waals surface area contributed by atoms with E-state index in [-0.39, 0.29) is 51.4 Å². The summed E-state index contributed by atoms with van der Waals surface area (Å²) in [6.45, 7) is 7.37. The highest BCUT2D eigenvalue weighted by Gasteiger charge is 2.76. The molecule has 22 heteroatoms. The highest BCUT2D eigenvalue weighted by molar-refractivity contribution is 5.84. The number of benzene rings is 3. The largest absolute Gasteiger partial charge is 0.460 e. The van der Waals surface area contributed by atoms with Gasteiger partial charge < -0.3 is 48.8 Å². The molecule has 0 radical (unpaired) electrons. The van der Waals surface area contributed by atoms with E-state index >= 15 is 13.2 Å². The second-order valence-corrected chi connectivity index (χ2v) is 23.5. The molecule has 0 heterocycles. The Kier molecular flexibility index (Phi) is 17.8. The predicted molar refractivity (Wildman–Crippen MR) is 272 cm³/mol. The Hall–Kier alpha value is -4.84. The number of aliphatic hydroxyl groups is 4. The lowest BCUT2D eigenvalue weighted by Crippen LogP contribution is -2.75. The first-order chi connectivity index (χ1) is 37.6. The Morgan fingerprint density at radius 2 is 1.10 bits per heavy atom. The van der Waals surface area contributed by atoms with E-state index in [1.54, 1.807) is 20.8 Å². The number of ether oxygens (including phenoxy) is 6. The fourth-order valence-electron chi connectivity index (χ4n) is 15.2. The first-order valence-electron chi connectivity index (χ1n) is 27.1. The third kappa shape index (κ3) is 10.3. The highest BCUT2D eigenvalue weighted by Crippen LogP contribution is 2.71. The van der Waals surface area contributed by atoms with Gasteiger partial charge in [0.1, 0.15) is 18.8 Å². The number of esters is 3. The van der Waals surface area contributed by atoms with Gasteiger partial charge in [-0.2, -0.15) is 39.5 Å². The van der Waals surface area contributed by atoms with E-state index in [4.69, 9.17) is 28.4 Å². The molecule has 0 amide bonds. The number of carbonyl (C=O) groups excluding carboxylic acids is 3. The standard InChI is InChI=1S/C59H73F9O13/c1-9-36(51(5,73)34-79-46(70)54(76-6,57(60,61)62)37-19-13-10-14-20-37)26-25-35(2)41-31-42(81-48(72)56(78-8,59(66,67)68)39-23-17-12-18-24-39)45-49(41,3)29-28-43-50(4)30-27-40(32-53(50,75)44(69)33-52(43,45)74)80-47(71)55(77-7,58(63,64)65)38-21-15-11-16-22-38/h10-24,35-36,40-45,69,73-75H,9,25-34H2,1-8H3/t35-,36-,40+,41-,42+,43-,44-,45-,49-,50-,51+,52+,53+,54-,55-,56-/m1/s1. The Morgan fingerprint density at radius 1 is 0.654 bits per heavy atom. The minimum Gasteiger partial charge on any atom is -0.460 e. The molecule has 0 spiro atoms. The molecule has 4 fully saturated rings. The lowest BCUT2D eigenvalue weighted by molar-refractivity contribution is -0.320. The maximum absolute atomic E-state index is 15.5. The van der Waals surface area contributed by atoms with Crippen molar-refractivity contribution in [2.45, 2.75) is 169 Å². The van der Waals surface area contributed by atoms with Gasteiger partial charge in [0.05, 0.1) is 22.9 Å². The van der Waals surface area contributed by atoms with Gasteiger partial charge in [0.2, 0.25) is 0 Å². The topological polar surface area (TPSA) is 188 Å². The van der Waals surface area contributed by atoms with Crippen molar-refractivity contribution >= 4 is 17.9 Å². The summed E-state index contributed by atoms with van der Waals surface area (Å²) in [4.78, 5) is 41.9. The van der Waals surface area contributed by atoms with Gasteiger partial charge in [0.25, 0.3) is 16.8 Å². The van der Waals surface area contributed by atoms with Crippen LogP contribution >= 0.6 is 0 Å². The molecule has 450 valence electrons. The van der Waals surface area contributed by atoms with Crippen LogP contribution in [0.25, 0.3) is 0 Å². The molecular formula is C59H73F9O13. The molecule has 0 aliphatic heterocycles. The number of methoxy groups -OCH3 is 3. The van der Waals surface area contributed by atoms with Crippen LogP contribution in [0.3, 0.4) is 0 Å². The maximum atomic E-state index is 15.5. The van der Waals surface area contributed by atoms with Crippen LogP contribution < -0.4 is 0 Å². The van der Waals surface area contributed by atoms with Crippen LogP contribution in [0.5, 0.6) is 0 Å². The van der Waals surface area contributed by atoms with Gasteiger partial charge in [-0.05, 0) is 74.5 Å². The summed E-state index contributed by atoms with van der Waals surface area (Å²) in [7, 11) is 2.12. The predicted octanol–water partition coefficient (Wildman–Crippen LogP) is 10.3. The Bertz CT molecular complexity index is 2680. The van der Waals surface area contributed by atoms with Crippen LogP contribution in [-0.2, 0) is 59.6 Å². The van der Waals surface area contributed by atoms with Crippen molar-refractivity contribution in [3.8, 4) is 0 Å². The van der Waals surface area contributed by atoms with Gasteiger partial charge in [-0.3, -0.25) is 0 Å². The van der Waals surface area contributed by atoms with Crippen LogP contribution in [0, 0.1) is 40.4 Å². The summed E-state index contributed by atoms with van der Waals surface area (Å²) < 4.78 is 167. The Labute approximate surface area is 464 Å². The minimum atomic E-state index is -5.40. The van der Waals surface area contributed by atoms with Crippen molar-refractivity contribution in [2.75, 3.05) is 27.9 Å². The van der Waals surface area contributed by atoms with Crippen molar-refractivity contribution in [2.24, 2.45) is 40.4 Å². The number of alkyl halides is 9. The van der Waals surface area contributed by atoms with Gasteiger partial charge >= 0.3 is 36.4 Å². The monoisotopic (exact) mass is 1160 g/mol. The van der Waals surface area contributed by atoms with Gasteiger partial charge in [-0.25, -0.2) is 14.4 Å². The van der Waals surface area contributed by atoms with Crippen LogP contribution in [0.1, 0.15) is 116 Å². The van der Waals surface area contributed by atoms with Crippen molar-refractivity contribution in [1.29, 1.82) is 0 Å². The van der Waals surface area contributed by atoms with Crippen LogP contribution in [0.4, 0.5) is 39.5 Å². The molecule has 3 aromatic rings. The van der Waals surface area contributed by atoms with Gasteiger partial charge in [0, 0.05) is 62.2 Å². The molecule has 3 aromatic carbocycles. The Morgan fingerprint density at radius 3 is 1.53 bits per heavy atom. The number of rotatable bonds is 19. The first kappa shape index (κ1) is 63.7. The van der Waals surface area contributed by atoms with Crippen molar-refractivity contribution in [3.05, 3.63) is 108 Å². The van der Waals surface area contributed by atoms with E-state index < -0.39 is 165 Å². The molecule has 0 aromatic heterocycles. The highest BCUT2D eigenvalue weighted by atomic mass is 19.4. The van der Waals surface area contributed by atoms with Crippen molar-refractivity contribution in [3.63, 3.8) is 0 Å². The summed E-state index contributed by atoms with van der Waals surface area (Å²) in [6.07, 6.45) is -21.6. The average molecular weight is 1160 g/mol. The van der Waals surface area contributed by atoms with E-state index in [1.165, 1.54) is 61.5 Å². The van der Waals surface area contributed by atoms with Crippen molar-refractivity contribution in [1.82, 2.24) is 0 Å². The van der Waals surface area contributed by atoms with Gasteiger partial charge in [-0.1, -0.05) is 132 Å². The zero-order valence-corrected chi connectivity index (χ0v) is 46.4. The molecule has 4 N–H and O–H groups in total. The van der Waals surface area contributed by atoms with E-state index in [1.807, 2.05) is 6.92 Å². The van der Waals surface area contributed by atoms with Crippen LogP contribution in [0.2, 0.25) is 0 Å². The van der Waals surface area contributed by atoms with Crippen molar-refractivity contribution < 1.29 is 103 Å². The lowest BCUT2D eigenvalue weighted by atomic mass is 9.40. The molecule has 81 heavy (non-hydrogen) atoms. The zero-order valence-electron chi connectivity index (χ0n) is 46.4.